The summed E-state index contributed by atoms with van der Waals surface area (Å²) in [6.45, 7) is 16.4. The smallest absolute Gasteiger partial charge is 0.407 e. The maximum Gasteiger partial charge on any atom is 0.407 e. The molecule has 2 saturated heterocycles. The van der Waals surface area contributed by atoms with Crippen molar-refractivity contribution in [2.75, 3.05) is 42.6 Å². The predicted octanol–water partition coefficient (Wildman–Crippen LogP) is 4.79. The van der Waals surface area contributed by atoms with Gasteiger partial charge in [-0.1, -0.05) is 0 Å². The van der Waals surface area contributed by atoms with Crippen LogP contribution in [-0.4, -0.2) is 74.8 Å². The molecule has 0 aliphatic carbocycles. The molecule has 0 spiro atoms. The van der Waals surface area contributed by atoms with E-state index < -0.39 is 17.2 Å². The number of nitrogens with one attached hydrogen (secondary N) is 1. The van der Waals surface area contributed by atoms with Crippen molar-refractivity contribution in [1.29, 1.82) is 0 Å². The highest BCUT2D eigenvalue weighted by Crippen LogP contribution is 2.38. The molecule has 12 nitrogen and oxygen atoms in total. The number of nitrogens with zero attached hydrogens (tertiary/aromatic N) is 8. The number of ether oxygens (including phenoxy) is 2. The number of aryl methyl sites for hydroxylation is 1. The fourth-order valence-corrected chi connectivity index (χ4v) is 5.98. The lowest BCUT2D eigenvalue weighted by Crippen LogP contribution is -2.50. The van der Waals surface area contributed by atoms with Gasteiger partial charge in [0.05, 0.1) is 24.1 Å². The van der Waals surface area contributed by atoms with Crippen LogP contribution in [0.5, 0.6) is 0 Å². The van der Waals surface area contributed by atoms with Crippen LogP contribution in [0.25, 0.3) is 16.0 Å². The normalized spacial score (nSPS) is 20.6. The largest absolute Gasteiger partial charge is 0.444 e. The summed E-state index contributed by atoms with van der Waals surface area (Å²) < 4.78 is 13.4. The third kappa shape index (κ3) is 5.70. The molecule has 6 rings (SSSR count). The van der Waals surface area contributed by atoms with Gasteiger partial charge in [0.2, 0.25) is 0 Å². The number of fused-ring (bicyclic) bond motifs is 2. The lowest BCUT2D eigenvalue weighted by Gasteiger charge is -2.34. The number of carbonyl (C=O) groups excluding carboxylic acids is 1. The van der Waals surface area contributed by atoms with Gasteiger partial charge < -0.3 is 29.4 Å². The third-order valence-electron chi connectivity index (χ3n) is 8.23. The molecule has 222 valence electrons. The average molecular weight is 574 g/mol. The monoisotopic (exact) mass is 573 g/mol. The molecule has 3 aromatic rings. The number of piperidine rings is 1. The highest BCUT2D eigenvalue weighted by atomic mass is 16.6. The molecule has 6 heterocycles. The number of amides is 1. The number of pyridine rings is 1. The summed E-state index contributed by atoms with van der Waals surface area (Å²) in [5.74, 6) is 1.54. The zero-order chi connectivity index (χ0) is 29.3. The van der Waals surface area contributed by atoms with E-state index >= 15 is 0 Å². The first-order valence-corrected chi connectivity index (χ1v) is 14.9. The Hall–Kier alpha value is -3.98. The van der Waals surface area contributed by atoms with Crippen molar-refractivity contribution in [2.24, 2.45) is 0 Å². The summed E-state index contributed by atoms with van der Waals surface area (Å²) in [4.78, 5) is 35.2. The van der Waals surface area contributed by atoms with E-state index in [0.717, 1.165) is 67.2 Å². The summed E-state index contributed by atoms with van der Waals surface area (Å²) in [6.07, 6.45) is 9.11. The molecule has 3 aromatic heterocycles. The van der Waals surface area contributed by atoms with Gasteiger partial charge in [0, 0.05) is 45.3 Å². The van der Waals surface area contributed by atoms with Crippen molar-refractivity contribution in [3.8, 4) is 0 Å². The lowest BCUT2D eigenvalue weighted by molar-refractivity contribution is -0.0368. The second kappa shape index (κ2) is 11.4. The zero-order valence-corrected chi connectivity index (χ0v) is 24.7. The number of hydrogen-bond donors (Lipinski definition) is 1. The Morgan fingerprint density at radius 2 is 2.05 bits per heavy atom. The van der Waals surface area contributed by atoms with E-state index in [9.17, 15) is 4.79 Å². The van der Waals surface area contributed by atoms with Crippen LogP contribution < -0.4 is 15.1 Å². The first-order chi connectivity index (χ1) is 20.3. The Morgan fingerprint density at radius 1 is 1.21 bits per heavy atom. The summed E-state index contributed by atoms with van der Waals surface area (Å²) in [5.41, 5.74) is 2.34. The molecular formula is C30H39N9O3. The first-order valence-electron chi connectivity index (χ1n) is 14.9. The predicted molar refractivity (Wildman–Crippen MR) is 159 cm³/mol. The average Bonchev–Trinajstić information content (AvgIpc) is 3.38. The minimum atomic E-state index is -0.675. The maximum absolute atomic E-state index is 12.2. The van der Waals surface area contributed by atoms with Crippen LogP contribution >= 0.6 is 0 Å². The van der Waals surface area contributed by atoms with Gasteiger partial charge in [-0.15, -0.1) is 5.10 Å². The molecule has 42 heavy (non-hydrogen) atoms. The van der Waals surface area contributed by atoms with E-state index in [-0.39, 0.29) is 12.8 Å². The molecule has 1 N–H and O–H groups in total. The molecule has 0 bridgehead atoms. The quantitative estimate of drug-likeness (QED) is 0.430. The minimum Gasteiger partial charge on any atom is -0.444 e. The molecule has 2 fully saturated rings. The van der Waals surface area contributed by atoms with Crippen molar-refractivity contribution in [3.63, 3.8) is 0 Å². The third-order valence-corrected chi connectivity index (χ3v) is 8.23. The number of rotatable bonds is 5. The van der Waals surface area contributed by atoms with Gasteiger partial charge in [-0.25, -0.2) is 26.0 Å². The van der Waals surface area contributed by atoms with Crippen LogP contribution in [0.2, 0.25) is 0 Å². The highest BCUT2D eigenvalue weighted by Gasteiger charge is 2.42. The van der Waals surface area contributed by atoms with Crippen molar-refractivity contribution in [2.45, 2.75) is 83.1 Å². The van der Waals surface area contributed by atoms with Crippen molar-refractivity contribution in [3.05, 3.63) is 41.6 Å². The fourth-order valence-electron chi connectivity index (χ4n) is 5.98. The van der Waals surface area contributed by atoms with Crippen LogP contribution in [-0.2, 0) is 15.9 Å². The molecule has 1 unspecified atom stereocenters. The number of carbonyl (C=O) groups is 1. The van der Waals surface area contributed by atoms with Crippen molar-refractivity contribution in [1.82, 2.24) is 30.0 Å². The highest BCUT2D eigenvalue weighted by molar-refractivity contribution is 5.88. The van der Waals surface area contributed by atoms with E-state index in [2.05, 4.69) is 31.0 Å². The standard InChI is InChI=1S/C30H39N9O3/c1-29(2,3)42-28(40)34-20-30(31-4)12-16-37(17-13-30)23-19-33-25-26(35-23)39(24-11-5-6-18-41-24)36-27(25)38-15-8-9-21-22(38)10-7-14-32-21/h7,10,14,19,24H,5-6,8-9,11-13,15-18,20H2,1-3H3,(H,34,40). The Kier molecular flexibility index (Phi) is 7.62. The maximum atomic E-state index is 12.2. The van der Waals surface area contributed by atoms with E-state index in [1.54, 1.807) is 0 Å². The topological polar surface area (TPSA) is 115 Å². The molecule has 3 aliphatic heterocycles. The van der Waals surface area contributed by atoms with E-state index in [1.165, 1.54) is 0 Å². The van der Waals surface area contributed by atoms with Crippen LogP contribution in [0, 0.1) is 6.57 Å². The van der Waals surface area contributed by atoms with Gasteiger partial charge in [0.25, 0.3) is 5.54 Å². The second-order valence-corrected chi connectivity index (χ2v) is 12.4. The summed E-state index contributed by atoms with van der Waals surface area (Å²) in [5, 5.41) is 7.89. The number of alkyl carbamates (subject to hydrolysis) is 1. The first kappa shape index (κ1) is 28.2. The number of anilines is 3. The van der Waals surface area contributed by atoms with Crippen molar-refractivity contribution < 1.29 is 14.3 Å². The van der Waals surface area contributed by atoms with Gasteiger partial charge in [0.1, 0.15) is 11.4 Å². The molecule has 12 heteroatoms. The summed E-state index contributed by atoms with van der Waals surface area (Å²) >= 11 is 0. The summed E-state index contributed by atoms with van der Waals surface area (Å²) in [7, 11) is 0. The SMILES string of the molecule is [C-]#[N+]C1(CNC(=O)OC(C)(C)C)CCN(c2cnc3c(N4CCCc5ncccc54)nn(C4CCCCO4)c3n2)CC1. The Bertz CT molecular complexity index is 1480. The van der Waals surface area contributed by atoms with Gasteiger partial charge in [-0.2, -0.15) is 0 Å². The Balaban J connectivity index is 1.25. The van der Waals surface area contributed by atoms with Gasteiger partial charge in [-0.3, -0.25) is 4.98 Å². The molecule has 3 aliphatic rings. The second-order valence-electron chi connectivity index (χ2n) is 12.4. The Labute approximate surface area is 246 Å². The zero-order valence-electron chi connectivity index (χ0n) is 24.7. The number of hydrogen-bond acceptors (Lipinski definition) is 9. The van der Waals surface area contributed by atoms with Crippen LogP contribution in [0.15, 0.2) is 24.5 Å². The van der Waals surface area contributed by atoms with E-state index in [4.69, 9.17) is 31.1 Å². The Morgan fingerprint density at radius 3 is 2.79 bits per heavy atom. The van der Waals surface area contributed by atoms with Gasteiger partial charge in [-0.05, 0) is 65.0 Å². The van der Waals surface area contributed by atoms with Gasteiger partial charge in [0.15, 0.2) is 23.2 Å². The number of aromatic nitrogens is 5. The lowest BCUT2D eigenvalue weighted by atomic mass is 9.88. The van der Waals surface area contributed by atoms with E-state index in [1.807, 2.05) is 43.9 Å². The molecule has 0 aromatic carbocycles. The van der Waals surface area contributed by atoms with Crippen molar-refractivity contribution >= 4 is 34.6 Å². The molecule has 1 atom stereocenters. The molecule has 0 radical (unpaired) electrons. The molecule has 0 saturated carbocycles. The van der Waals surface area contributed by atoms with Crippen LogP contribution in [0.3, 0.4) is 0 Å². The minimum absolute atomic E-state index is 0.187. The summed E-state index contributed by atoms with van der Waals surface area (Å²) in [6, 6.07) is 4.06. The molecular weight excluding hydrogens is 534 g/mol. The van der Waals surface area contributed by atoms with Crippen LogP contribution in [0.4, 0.5) is 22.1 Å². The van der Waals surface area contributed by atoms with Gasteiger partial charge >= 0.3 is 6.09 Å². The van der Waals surface area contributed by atoms with Crippen LogP contribution in [0.1, 0.15) is 71.2 Å². The molecule has 1 amide bonds. The fraction of sp³-hybridized carbons (Fsp3) is 0.600. The van der Waals surface area contributed by atoms with E-state index in [0.29, 0.717) is 38.2 Å².